The number of dihydropyridines is 1. The lowest BCUT2D eigenvalue weighted by atomic mass is 9.95. The van der Waals surface area contributed by atoms with E-state index >= 15 is 0 Å². The number of pyridine rings is 1. The standard InChI is InChI=1S/C31H32N6/c1-4-6-24-17-29(31(35-20-24)27(18-32)19-33)26-11-12-30(34-21-26)36-28-13-15-37(16-14-28)22(3)25-9-7-23(5-2)8-10-25/h2,7-12,17-18,20-21,28,32,35H,3-4,6,13-16H2,1H3,(H,34,36)/b31-27+,32-18?. The summed E-state index contributed by atoms with van der Waals surface area (Å²) in [6.07, 6.45) is 16.3. The van der Waals surface area contributed by atoms with Crippen LogP contribution in [0.5, 0.6) is 0 Å². The predicted molar refractivity (Wildman–Crippen MR) is 151 cm³/mol. The van der Waals surface area contributed by atoms with Crippen LogP contribution in [0.3, 0.4) is 0 Å². The van der Waals surface area contributed by atoms with Crippen molar-refractivity contribution < 1.29 is 0 Å². The molecule has 1 fully saturated rings. The molecule has 0 spiro atoms. The van der Waals surface area contributed by atoms with Crippen LogP contribution >= 0.6 is 0 Å². The van der Waals surface area contributed by atoms with Crippen LogP contribution < -0.4 is 10.6 Å². The van der Waals surface area contributed by atoms with Crippen LogP contribution in [0.1, 0.15) is 49.3 Å². The normalized spacial score (nSPS) is 16.9. The summed E-state index contributed by atoms with van der Waals surface area (Å²) in [6.45, 7) is 8.28. The summed E-state index contributed by atoms with van der Waals surface area (Å²) < 4.78 is 0. The molecule has 2 aliphatic heterocycles. The van der Waals surface area contributed by atoms with Crippen molar-refractivity contribution in [3.63, 3.8) is 0 Å². The highest BCUT2D eigenvalue weighted by Crippen LogP contribution is 2.30. The number of nitrogens with zero attached hydrogens (tertiary/aromatic N) is 3. The van der Waals surface area contributed by atoms with E-state index in [9.17, 15) is 5.26 Å². The number of terminal acetylenes is 1. The number of benzene rings is 1. The topological polar surface area (TPSA) is 87.8 Å². The van der Waals surface area contributed by atoms with Gasteiger partial charge in [-0.3, -0.25) is 0 Å². The number of piperidine rings is 1. The molecule has 0 saturated carbocycles. The van der Waals surface area contributed by atoms with E-state index in [1.807, 2.05) is 48.8 Å². The SMILES string of the molecule is C#Cc1ccc(C(=C)N2CCC(Nc3ccc(C4=CC(CCC)=CN/C4=C(/C#N)C=N)cn3)CC2)cc1. The molecule has 0 bridgehead atoms. The molecule has 6 heteroatoms. The quantitative estimate of drug-likeness (QED) is 0.252. The summed E-state index contributed by atoms with van der Waals surface area (Å²) in [5, 5.41) is 23.9. The molecule has 0 amide bonds. The van der Waals surface area contributed by atoms with Crippen LogP contribution in [-0.2, 0) is 0 Å². The Labute approximate surface area is 219 Å². The number of likely N-dealkylation sites (tertiary alicyclic amines) is 1. The third-order valence-electron chi connectivity index (χ3n) is 6.76. The van der Waals surface area contributed by atoms with E-state index in [-0.39, 0.29) is 0 Å². The molecule has 0 aliphatic carbocycles. The maximum absolute atomic E-state index is 9.49. The van der Waals surface area contributed by atoms with Crippen LogP contribution in [0.25, 0.3) is 11.3 Å². The van der Waals surface area contributed by atoms with E-state index in [0.717, 1.165) is 84.3 Å². The van der Waals surface area contributed by atoms with Crippen LogP contribution in [0.15, 0.2) is 78.3 Å². The molecule has 1 saturated heterocycles. The molecule has 6 nitrogen and oxygen atoms in total. The summed E-state index contributed by atoms with van der Waals surface area (Å²) in [6, 6.07) is 14.4. The summed E-state index contributed by atoms with van der Waals surface area (Å²) in [5.74, 6) is 3.48. The van der Waals surface area contributed by atoms with Gasteiger partial charge < -0.3 is 20.9 Å². The van der Waals surface area contributed by atoms with Gasteiger partial charge in [0.25, 0.3) is 0 Å². The predicted octanol–water partition coefficient (Wildman–Crippen LogP) is 5.71. The molecule has 0 unspecified atom stereocenters. The summed E-state index contributed by atoms with van der Waals surface area (Å²) in [4.78, 5) is 7.00. The zero-order valence-electron chi connectivity index (χ0n) is 21.2. The average molecular weight is 489 g/mol. The maximum Gasteiger partial charge on any atom is 0.126 e. The first kappa shape index (κ1) is 25.5. The lowest BCUT2D eigenvalue weighted by Gasteiger charge is -2.35. The Morgan fingerprint density at radius 1 is 1.27 bits per heavy atom. The number of nitrogens with one attached hydrogen (secondary N) is 3. The van der Waals surface area contributed by atoms with Crippen molar-refractivity contribution in [2.75, 3.05) is 18.4 Å². The Hall–Kier alpha value is -4.55. The first-order chi connectivity index (χ1) is 18.1. The summed E-state index contributed by atoms with van der Waals surface area (Å²) in [7, 11) is 0. The Morgan fingerprint density at radius 3 is 2.62 bits per heavy atom. The fourth-order valence-electron chi connectivity index (χ4n) is 4.67. The van der Waals surface area contributed by atoms with Gasteiger partial charge in [-0.15, -0.1) is 6.42 Å². The lowest BCUT2D eigenvalue weighted by Crippen LogP contribution is -2.38. The van der Waals surface area contributed by atoms with E-state index in [0.29, 0.717) is 17.3 Å². The van der Waals surface area contributed by atoms with Gasteiger partial charge in [-0.2, -0.15) is 5.26 Å². The fraction of sp³-hybridized carbons (Fsp3) is 0.258. The van der Waals surface area contributed by atoms with Crippen LogP contribution in [0, 0.1) is 29.1 Å². The maximum atomic E-state index is 9.49. The summed E-state index contributed by atoms with van der Waals surface area (Å²) >= 11 is 0. The van der Waals surface area contributed by atoms with Gasteiger partial charge in [0.15, 0.2) is 0 Å². The van der Waals surface area contributed by atoms with E-state index in [2.05, 4.69) is 52.1 Å². The van der Waals surface area contributed by atoms with E-state index in [1.54, 1.807) is 0 Å². The largest absolute Gasteiger partial charge is 0.371 e. The minimum atomic E-state index is 0.292. The number of anilines is 1. The van der Waals surface area contributed by atoms with Crippen molar-refractivity contribution in [2.24, 2.45) is 0 Å². The molecule has 3 heterocycles. The van der Waals surface area contributed by atoms with Crippen molar-refractivity contribution in [3.8, 4) is 18.4 Å². The molecule has 37 heavy (non-hydrogen) atoms. The number of rotatable bonds is 8. The van der Waals surface area contributed by atoms with Gasteiger partial charge >= 0.3 is 0 Å². The molecule has 2 aromatic rings. The minimum Gasteiger partial charge on any atom is -0.371 e. The van der Waals surface area contributed by atoms with Crippen LogP contribution in [0.2, 0.25) is 0 Å². The highest BCUT2D eigenvalue weighted by atomic mass is 15.2. The van der Waals surface area contributed by atoms with Crippen molar-refractivity contribution >= 4 is 23.3 Å². The second-order valence-electron chi connectivity index (χ2n) is 9.22. The second kappa shape index (κ2) is 11.9. The van der Waals surface area contributed by atoms with E-state index in [1.165, 1.54) is 0 Å². The van der Waals surface area contributed by atoms with Crippen LogP contribution in [0.4, 0.5) is 5.82 Å². The molecule has 1 aromatic carbocycles. The molecular weight excluding hydrogens is 456 g/mol. The molecule has 0 atom stereocenters. The van der Waals surface area contributed by atoms with Crippen molar-refractivity contribution in [1.29, 1.82) is 10.7 Å². The number of hydrogen-bond acceptors (Lipinski definition) is 6. The first-order valence-corrected chi connectivity index (χ1v) is 12.6. The van der Waals surface area contributed by atoms with Gasteiger partial charge in [0.2, 0.25) is 0 Å². The highest BCUT2D eigenvalue weighted by Gasteiger charge is 2.21. The molecule has 1 aromatic heterocycles. The average Bonchev–Trinajstić information content (AvgIpc) is 2.95. The lowest BCUT2D eigenvalue weighted by molar-refractivity contribution is 0.309. The zero-order valence-corrected chi connectivity index (χ0v) is 21.2. The third kappa shape index (κ3) is 6.00. The number of hydrogen-bond donors (Lipinski definition) is 3. The Kier molecular flexibility index (Phi) is 8.23. The molecule has 3 N–H and O–H groups in total. The minimum absolute atomic E-state index is 0.292. The first-order valence-electron chi connectivity index (χ1n) is 12.6. The Bertz CT molecular complexity index is 1320. The van der Waals surface area contributed by atoms with Gasteiger partial charge in [-0.05, 0) is 60.7 Å². The van der Waals surface area contributed by atoms with Crippen molar-refractivity contribution in [1.82, 2.24) is 15.2 Å². The van der Waals surface area contributed by atoms with Gasteiger partial charge in [0, 0.05) is 60.1 Å². The number of aromatic nitrogens is 1. The monoisotopic (exact) mass is 488 g/mol. The third-order valence-corrected chi connectivity index (χ3v) is 6.76. The second-order valence-corrected chi connectivity index (χ2v) is 9.22. The fourth-order valence-corrected chi connectivity index (χ4v) is 4.67. The zero-order chi connectivity index (χ0) is 26.2. The van der Waals surface area contributed by atoms with Gasteiger partial charge in [-0.1, -0.05) is 38.0 Å². The van der Waals surface area contributed by atoms with Gasteiger partial charge in [-0.25, -0.2) is 4.98 Å². The van der Waals surface area contributed by atoms with Crippen molar-refractivity contribution in [3.05, 3.63) is 95.0 Å². The number of allylic oxidation sites excluding steroid dienone is 4. The van der Waals surface area contributed by atoms with Crippen LogP contribution in [-0.4, -0.2) is 35.2 Å². The van der Waals surface area contributed by atoms with Gasteiger partial charge in [0.05, 0.1) is 11.3 Å². The number of nitriles is 1. The highest BCUT2D eigenvalue weighted by molar-refractivity contribution is 5.93. The molecule has 186 valence electrons. The van der Waals surface area contributed by atoms with E-state index in [4.69, 9.17) is 11.8 Å². The van der Waals surface area contributed by atoms with E-state index < -0.39 is 0 Å². The molecule has 0 radical (unpaired) electrons. The molecule has 4 rings (SSSR count). The molecular formula is C31H32N6. The summed E-state index contributed by atoms with van der Waals surface area (Å²) in [5.41, 5.74) is 6.88. The Balaban J connectivity index is 1.40. The van der Waals surface area contributed by atoms with Gasteiger partial charge in [0.1, 0.15) is 11.9 Å². The molecule has 2 aliphatic rings. The van der Waals surface area contributed by atoms with Crippen molar-refractivity contribution in [2.45, 2.75) is 38.6 Å². The Morgan fingerprint density at radius 2 is 2.03 bits per heavy atom. The smallest absolute Gasteiger partial charge is 0.126 e.